The number of amides is 2. The van der Waals surface area contributed by atoms with Gasteiger partial charge in [-0.05, 0) is 38.5 Å². The average molecular weight is 386 g/mol. The van der Waals surface area contributed by atoms with Crippen LogP contribution in [0.15, 0.2) is 24.3 Å². The van der Waals surface area contributed by atoms with E-state index in [1.165, 1.54) is 0 Å². The zero-order valence-corrected chi connectivity index (χ0v) is 16.3. The molecular formula is C18H28ClN3O4. The van der Waals surface area contributed by atoms with Gasteiger partial charge in [0, 0.05) is 24.3 Å². The van der Waals surface area contributed by atoms with Crippen molar-refractivity contribution in [3.8, 4) is 0 Å². The van der Waals surface area contributed by atoms with Gasteiger partial charge in [0.2, 0.25) is 5.91 Å². The van der Waals surface area contributed by atoms with Gasteiger partial charge in [0.1, 0.15) is 6.04 Å². The van der Waals surface area contributed by atoms with Crippen LogP contribution in [0.5, 0.6) is 0 Å². The van der Waals surface area contributed by atoms with Gasteiger partial charge in [0.15, 0.2) is 0 Å². The molecule has 0 aliphatic heterocycles. The van der Waals surface area contributed by atoms with Crippen LogP contribution in [-0.2, 0) is 9.59 Å². The first-order valence-electron chi connectivity index (χ1n) is 8.58. The predicted octanol–water partition coefficient (Wildman–Crippen LogP) is 2.37. The Morgan fingerprint density at radius 2 is 1.81 bits per heavy atom. The maximum Gasteiger partial charge on any atom is 0.320 e. The van der Waals surface area contributed by atoms with Crippen LogP contribution in [0.1, 0.15) is 44.0 Å². The molecule has 26 heavy (non-hydrogen) atoms. The van der Waals surface area contributed by atoms with Crippen molar-refractivity contribution in [2.24, 2.45) is 0 Å². The van der Waals surface area contributed by atoms with Crippen molar-refractivity contribution in [3.05, 3.63) is 29.8 Å². The van der Waals surface area contributed by atoms with Crippen molar-refractivity contribution in [2.45, 2.75) is 39.7 Å². The van der Waals surface area contributed by atoms with Crippen LogP contribution in [0, 0.1) is 0 Å². The Labute approximate surface area is 160 Å². The van der Waals surface area contributed by atoms with Gasteiger partial charge in [-0.2, -0.15) is 0 Å². The molecule has 0 aliphatic rings. The van der Waals surface area contributed by atoms with Crippen LogP contribution in [0.3, 0.4) is 0 Å². The van der Waals surface area contributed by atoms with E-state index in [0.717, 1.165) is 0 Å². The van der Waals surface area contributed by atoms with E-state index < -0.39 is 12.0 Å². The monoisotopic (exact) mass is 385 g/mol. The lowest BCUT2D eigenvalue weighted by Crippen LogP contribution is -2.41. The summed E-state index contributed by atoms with van der Waals surface area (Å²) < 4.78 is 0. The largest absolute Gasteiger partial charge is 0.480 e. The third kappa shape index (κ3) is 7.41. The number of nitrogens with one attached hydrogen (secondary N) is 2. The Kier molecular flexibility index (Phi) is 11.3. The molecule has 0 radical (unpaired) electrons. The molecule has 0 saturated carbocycles. The first kappa shape index (κ1) is 23.9. The molecule has 0 aromatic heterocycles. The lowest BCUT2D eigenvalue weighted by molar-refractivity contribution is -0.139. The molecule has 0 saturated heterocycles. The van der Waals surface area contributed by atoms with Crippen LogP contribution in [0.4, 0.5) is 5.69 Å². The van der Waals surface area contributed by atoms with E-state index in [1.807, 2.05) is 20.8 Å². The topological polar surface area (TPSA) is 98.7 Å². The number of benzene rings is 1. The van der Waals surface area contributed by atoms with E-state index in [4.69, 9.17) is 5.11 Å². The van der Waals surface area contributed by atoms with Gasteiger partial charge in [-0.25, -0.2) is 0 Å². The fourth-order valence-corrected chi connectivity index (χ4v) is 2.45. The molecule has 8 heteroatoms. The number of anilines is 1. The SMILES string of the molecule is CCCC(NCC(=O)Nc1cccc(C(=O)N(CC)CC)c1)C(=O)O.Cl. The smallest absolute Gasteiger partial charge is 0.320 e. The van der Waals surface area contributed by atoms with E-state index in [9.17, 15) is 14.4 Å². The van der Waals surface area contributed by atoms with Crippen LogP contribution >= 0.6 is 12.4 Å². The van der Waals surface area contributed by atoms with Crippen molar-refractivity contribution in [3.63, 3.8) is 0 Å². The van der Waals surface area contributed by atoms with E-state index in [-0.39, 0.29) is 30.8 Å². The van der Waals surface area contributed by atoms with Crippen LogP contribution < -0.4 is 10.6 Å². The minimum atomic E-state index is -0.971. The van der Waals surface area contributed by atoms with Crippen molar-refractivity contribution >= 4 is 35.9 Å². The molecule has 1 unspecified atom stereocenters. The van der Waals surface area contributed by atoms with Gasteiger partial charge in [-0.3, -0.25) is 19.7 Å². The molecule has 0 heterocycles. The minimum Gasteiger partial charge on any atom is -0.480 e. The normalized spacial score (nSPS) is 11.2. The fourth-order valence-electron chi connectivity index (χ4n) is 2.45. The first-order valence-corrected chi connectivity index (χ1v) is 8.58. The third-order valence-electron chi connectivity index (χ3n) is 3.83. The van der Waals surface area contributed by atoms with E-state index in [0.29, 0.717) is 37.2 Å². The number of carboxylic acids is 1. The lowest BCUT2D eigenvalue weighted by atomic mass is 10.1. The van der Waals surface area contributed by atoms with Crippen molar-refractivity contribution in [1.82, 2.24) is 10.2 Å². The summed E-state index contributed by atoms with van der Waals surface area (Å²) >= 11 is 0. The standard InChI is InChI=1S/C18H27N3O4.ClH/c1-4-8-15(18(24)25)19-12-16(22)20-14-10-7-9-13(11-14)17(23)21(5-2)6-3;/h7,9-11,15,19H,4-6,8,12H2,1-3H3,(H,20,22)(H,24,25);1H. The number of nitrogens with zero attached hydrogens (tertiary/aromatic N) is 1. The summed E-state index contributed by atoms with van der Waals surface area (Å²) in [6.07, 6.45) is 1.16. The Hall–Kier alpha value is -2.12. The van der Waals surface area contributed by atoms with Crippen molar-refractivity contribution in [2.75, 3.05) is 25.0 Å². The molecular weight excluding hydrogens is 358 g/mol. The Morgan fingerprint density at radius 3 is 2.35 bits per heavy atom. The zero-order valence-electron chi connectivity index (χ0n) is 15.4. The van der Waals surface area contributed by atoms with Crippen LogP contribution in [0.2, 0.25) is 0 Å². The Balaban J connectivity index is 0.00000625. The van der Waals surface area contributed by atoms with E-state index in [2.05, 4.69) is 10.6 Å². The lowest BCUT2D eigenvalue weighted by Gasteiger charge is -2.19. The highest BCUT2D eigenvalue weighted by molar-refractivity contribution is 5.97. The van der Waals surface area contributed by atoms with Gasteiger partial charge < -0.3 is 15.3 Å². The molecule has 0 aliphatic carbocycles. The Bertz CT molecular complexity index is 606. The van der Waals surface area contributed by atoms with Crippen LogP contribution in [-0.4, -0.2) is 53.5 Å². The Morgan fingerprint density at radius 1 is 1.15 bits per heavy atom. The van der Waals surface area contributed by atoms with E-state index >= 15 is 0 Å². The number of rotatable bonds is 10. The van der Waals surface area contributed by atoms with Crippen LogP contribution in [0.25, 0.3) is 0 Å². The minimum absolute atomic E-state index is 0. The molecule has 1 rings (SSSR count). The molecule has 7 nitrogen and oxygen atoms in total. The summed E-state index contributed by atoms with van der Waals surface area (Å²) in [6, 6.07) is 5.98. The van der Waals surface area contributed by atoms with Gasteiger partial charge in [-0.15, -0.1) is 12.4 Å². The van der Waals surface area contributed by atoms with Gasteiger partial charge in [0.25, 0.3) is 5.91 Å². The highest BCUT2D eigenvalue weighted by Gasteiger charge is 2.17. The number of carboxylic acid groups (broad SMARTS) is 1. The fraction of sp³-hybridized carbons (Fsp3) is 0.500. The molecule has 1 aromatic carbocycles. The average Bonchev–Trinajstić information content (AvgIpc) is 2.59. The molecule has 146 valence electrons. The highest BCUT2D eigenvalue weighted by atomic mass is 35.5. The second kappa shape index (κ2) is 12.3. The molecule has 0 bridgehead atoms. The molecule has 0 fully saturated rings. The third-order valence-corrected chi connectivity index (χ3v) is 3.83. The summed E-state index contributed by atoms with van der Waals surface area (Å²) in [6.45, 7) is 6.83. The number of hydrogen-bond acceptors (Lipinski definition) is 4. The molecule has 3 N–H and O–H groups in total. The zero-order chi connectivity index (χ0) is 18.8. The maximum atomic E-state index is 12.3. The van der Waals surface area contributed by atoms with Crippen molar-refractivity contribution in [1.29, 1.82) is 0 Å². The maximum absolute atomic E-state index is 12.3. The second-order valence-electron chi connectivity index (χ2n) is 5.67. The number of halogens is 1. The van der Waals surface area contributed by atoms with E-state index in [1.54, 1.807) is 29.2 Å². The molecule has 2 amide bonds. The van der Waals surface area contributed by atoms with Gasteiger partial charge in [0.05, 0.1) is 6.54 Å². The first-order chi connectivity index (χ1) is 11.9. The number of hydrogen-bond donors (Lipinski definition) is 3. The number of carbonyl (C=O) groups excluding carboxylic acids is 2. The quantitative estimate of drug-likeness (QED) is 0.574. The predicted molar refractivity (Wildman–Crippen MR) is 104 cm³/mol. The number of carbonyl (C=O) groups is 3. The summed E-state index contributed by atoms with van der Waals surface area (Å²) in [7, 11) is 0. The molecule has 1 aromatic rings. The second-order valence-corrected chi connectivity index (χ2v) is 5.67. The summed E-state index contributed by atoms with van der Waals surface area (Å²) in [4.78, 5) is 37.1. The summed E-state index contributed by atoms with van der Waals surface area (Å²) in [5, 5.41) is 14.5. The highest BCUT2D eigenvalue weighted by Crippen LogP contribution is 2.13. The number of aliphatic carboxylic acids is 1. The summed E-state index contributed by atoms with van der Waals surface area (Å²) in [5.41, 5.74) is 1.01. The van der Waals surface area contributed by atoms with Gasteiger partial charge >= 0.3 is 5.97 Å². The summed E-state index contributed by atoms with van der Waals surface area (Å²) in [5.74, 6) is -1.41. The van der Waals surface area contributed by atoms with Gasteiger partial charge in [-0.1, -0.05) is 19.4 Å². The van der Waals surface area contributed by atoms with Crippen molar-refractivity contribution < 1.29 is 19.5 Å². The molecule has 0 spiro atoms. The molecule has 1 atom stereocenters.